The smallest absolute Gasteiger partial charge is 0.129 e. The molecule has 2 unspecified atom stereocenters. The number of halogens is 3. The number of nitrogens with zero attached hydrogens (tertiary/aromatic N) is 3. The molecule has 0 aliphatic carbocycles. The van der Waals surface area contributed by atoms with Crippen molar-refractivity contribution < 1.29 is 8.78 Å². The molecule has 6 heteroatoms. The molecule has 0 radical (unpaired) electrons. The van der Waals surface area contributed by atoms with E-state index in [2.05, 4.69) is 9.89 Å². The molecule has 0 amide bonds. The first-order chi connectivity index (χ1) is 13.5. The highest BCUT2D eigenvalue weighted by Gasteiger charge is 2.32. The minimum atomic E-state index is -0.415. The number of allylic oxidation sites excluding steroid dienone is 1. The van der Waals surface area contributed by atoms with Crippen molar-refractivity contribution in [3.05, 3.63) is 59.3 Å². The van der Waals surface area contributed by atoms with E-state index in [4.69, 9.17) is 16.6 Å². The average Bonchev–Trinajstić information content (AvgIpc) is 3.17. The molecule has 0 bridgehead atoms. The lowest BCUT2D eigenvalue weighted by Gasteiger charge is -2.31. The Morgan fingerprint density at radius 3 is 2.89 bits per heavy atom. The van der Waals surface area contributed by atoms with Gasteiger partial charge in [0.25, 0.3) is 0 Å². The Hall–Kier alpha value is -2.27. The van der Waals surface area contributed by atoms with Crippen molar-refractivity contribution in [2.45, 2.75) is 44.6 Å². The standard InChI is InChI=1S/C22H22ClF2N3/c1-14(16-13-15(24)7-8-18(16)25)20-6-4-12-28(20)21-10-9-19-22(27-21)17(23)5-2-3-11-26-19/h5,7-11,13-14,20H,2-4,6,12H2,1H3. The lowest BCUT2D eigenvalue weighted by Crippen LogP contribution is -2.34. The molecule has 0 spiro atoms. The van der Waals surface area contributed by atoms with Crippen LogP contribution in [0, 0.1) is 11.6 Å². The van der Waals surface area contributed by atoms with Crippen LogP contribution < -0.4 is 4.90 Å². The maximum atomic E-state index is 14.3. The van der Waals surface area contributed by atoms with Crippen molar-refractivity contribution in [1.29, 1.82) is 0 Å². The van der Waals surface area contributed by atoms with Gasteiger partial charge in [0.2, 0.25) is 0 Å². The van der Waals surface area contributed by atoms with Crippen molar-refractivity contribution in [2.75, 3.05) is 11.4 Å². The van der Waals surface area contributed by atoms with E-state index in [0.29, 0.717) is 16.3 Å². The number of fused-ring (bicyclic) bond motifs is 1. The number of anilines is 1. The van der Waals surface area contributed by atoms with Gasteiger partial charge in [-0.2, -0.15) is 0 Å². The molecular weight excluding hydrogens is 380 g/mol. The van der Waals surface area contributed by atoms with Gasteiger partial charge < -0.3 is 4.90 Å². The van der Waals surface area contributed by atoms with E-state index in [1.54, 1.807) is 0 Å². The lowest BCUT2D eigenvalue weighted by atomic mass is 9.91. The summed E-state index contributed by atoms with van der Waals surface area (Å²) in [7, 11) is 0. The molecule has 1 aromatic heterocycles. The van der Waals surface area contributed by atoms with Gasteiger partial charge in [-0.1, -0.05) is 24.6 Å². The molecule has 3 nitrogen and oxygen atoms in total. The predicted octanol–water partition coefficient (Wildman–Crippen LogP) is 6.21. The van der Waals surface area contributed by atoms with Crippen molar-refractivity contribution >= 4 is 34.4 Å². The fraction of sp³-hybridized carbons (Fsp3) is 0.364. The second-order valence-corrected chi connectivity index (χ2v) is 7.74. The monoisotopic (exact) mass is 401 g/mol. The van der Waals surface area contributed by atoms with Crippen LogP contribution in [0.4, 0.5) is 20.3 Å². The van der Waals surface area contributed by atoms with Crippen LogP contribution in [0.3, 0.4) is 0 Å². The van der Waals surface area contributed by atoms with Crippen LogP contribution >= 0.6 is 11.6 Å². The van der Waals surface area contributed by atoms with Gasteiger partial charge in [0.05, 0.1) is 10.7 Å². The molecule has 2 aromatic rings. The van der Waals surface area contributed by atoms with Crippen LogP contribution in [0.1, 0.15) is 49.8 Å². The van der Waals surface area contributed by atoms with Gasteiger partial charge in [0.15, 0.2) is 0 Å². The van der Waals surface area contributed by atoms with Crippen LogP contribution in [0.25, 0.3) is 5.03 Å². The van der Waals surface area contributed by atoms with Crippen LogP contribution in [-0.4, -0.2) is 23.8 Å². The van der Waals surface area contributed by atoms with Crippen molar-refractivity contribution in [3.8, 4) is 0 Å². The van der Waals surface area contributed by atoms with Crippen LogP contribution in [0.2, 0.25) is 0 Å². The number of aliphatic imine (C=N–C) groups is 1. The number of hydrogen-bond donors (Lipinski definition) is 0. The Kier molecular flexibility index (Phi) is 5.44. The topological polar surface area (TPSA) is 28.5 Å². The number of aromatic nitrogens is 1. The summed E-state index contributed by atoms with van der Waals surface area (Å²) in [5.41, 5.74) is 1.83. The predicted molar refractivity (Wildman–Crippen MR) is 111 cm³/mol. The first kappa shape index (κ1) is 19.1. The van der Waals surface area contributed by atoms with Gasteiger partial charge >= 0.3 is 0 Å². The molecule has 2 atom stereocenters. The Morgan fingerprint density at radius 2 is 2.04 bits per heavy atom. The zero-order valence-corrected chi connectivity index (χ0v) is 16.5. The summed E-state index contributed by atoms with van der Waals surface area (Å²) in [6, 6.07) is 7.57. The summed E-state index contributed by atoms with van der Waals surface area (Å²) < 4.78 is 28.0. The Morgan fingerprint density at radius 1 is 1.18 bits per heavy atom. The second kappa shape index (κ2) is 8.00. The molecule has 1 fully saturated rings. The van der Waals surface area contributed by atoms with Crippen LogP contribution in [0.5, 0.6) is 0 Å². The number of rotatable bonds is 3. The molecule has 0 N–H and O–H groups in total. The normalized spacial score (nSPS) is 20.4. The molecule has 4 rings (SSSR count). The summed E-state index contributed by atoms with van der Waals surface area (Å²) in [6.07, 6.45) is 7.41. The van der Waals surface area contributed by atoms with E-state index in [1.165, 1.54) is 12.1 Å². The summed E-state index contributed by atoms with van der Waals surface area (Å²) >= 11 is 6.45. The Labute approximate surface area is 168 Å². The first-order valence-electron chi connectivity index (χ1n) is 9.66. The highest BCUT2D eigenvalue weighted by atomic mass is 35.5. The van der Waals surface area contributed by atoms with Crippen molar-refractivity contribution in [3.63, 3.8) is 0 Å². The quantitative estimate of drug-likeness (QED) is 0.611. The maximum absolute atomic E-state index is 14.3. The van der Waals surface area contributed by atoms with E-state index in [-0.39, 0.29) is 17.8 Å². The molecule has 2 aliphatic rings. The Balaban J connectivity index is 1.68. The summed E-state index contributed by atoms with van der Waals surface area (Å²) in [5.74, 6) is -0.146. The first-order valence-corrected chi connectivity index (χ1v) is 10.0. The van der Waals surface area contributed by atoms with E-state index in [9.17, 15) is 8.78 Å². The summed E-state index contributed by atoms with van der Waals surface area (Å²) in [6.45, 7) is 2.77. The minimum Gasteiger partial charge on any atom is -0.353 e. The van der Waals surface area contributed by atoms with Gasteiger partial charge in [0, 0.05) is 24.7 Å². The Bertz CT molecular complexity index is 941. The largest absolute Gasteiger partial charge is 0.353 e. The summed E-state index contributed by atoms with van der Waals surface area (Å²) in [5, 5.41) is 0.605. The highest BCUT2D eigenvalue weighted by Crippen LogP contribution is 2.37. The lowest BCUT2D eigenvalue weighted by molar-refractivity contribution is 0.515. The molecule has 2 aliphatic heterocycles. The van der Waals surface area contributed by atoms with Crippen molar-refractivity contribution in [1.82, 2.24) is 4.98 Å². The van der Waals surface area contributed by atoms with Gasteiger partial charge in [-0.15, -0.1) is 0 Å². The minimum absolute atomic E-state index is 0.0432. The molecule has 3 heterocycles. The van der Waals surface area contributed by atoms with E-state index < -0.39 is 5.82 Å². The third kappa shape index (κ3) is 3.68. The van der Waals surface area contributed by atoms with Crippen LogP contribution in [-0.2, 0) is 0 Å². The zero-order valence-electron chi connectivity index (χ0n) is 15.7. The third-order valence-electron chi connectivity index (χ3n) is 5.55. The highest BCUT2D eigenvalue weighted by molar-refractivity contribution is 6.49. The molecule has 0 saturated carbocycles. The fourth-order valence-electron chi connectivity index (χ4n) is 4.09. The third-order valence-corrected chi connectivity index (χ3v) is 5.89. The molecule has 146 valence electrons. The van der Waals surface area contributed by atoms with Crippen LogP contribution in [0.15, 0.2) is 41.4 Å². The maximum Gasteiger partial charge on any atom is 0.129 e. The molecule has 1 aromatic carbocycles. The number of benzene rings is 1. The molecule has 28 heavy (non-hydrogen) atoms. The molecule has 1 saturated heterocycles. The van der Waals surface area contributed by atoms with Crippen molar-refractivity contribution in [2.24, 2.45) is 4.99 Å². The van der Waals surface area contributed by atoms with E-state index in [0.717, 1.165) is 49.8 Å². The van der Waals surface area contributed by atoms with Gasteiger partial charge in [-0.3, -0.25) is 4.99 Å². The van der Waals surface area contributed by atoms with Gasteiger partial charge in [-0.25, -0.2) is 13.8 Å². The zero-order chi connectivity index (χ0) is 19.7. The molecular formula is C22H22ClF2N3. The van der Waals surface area contributed by atoms with Gasteiger partial charge in [0.1, 0.15) is 23.1 Å². The average molecular weight is 402 g/mol. The van der Waals surface area contributed by atoms with E-state index >= 15 is 0 Å². The SMILES string of the molecule is CC(c1cc(F)ccc1F)C1CCCN1c1ccc2c(n1)C(Cl)=CCCC=N2. The van der Waals surface area contributed by atoms with Gasteiger partial charge in [-0.05, 0) is 61.6 Å². The second-order valence-electron chi connectivity index (χ2n) is 7.34. The fourth-order valence-corrected chi connectivity index (χ4v) is 4.34. The number of pyridine rings is 1. The van der Waals surface area contributed by atoms with E-state index in [1.807, 2.05) is 31.3 Å². The number of hydrogen-bond acceptors (Lipinski definition) is 3. The summed E-state index contributed by atoms with van der Waals surface area (Å²) in [4.78, 5) is 11.4.